The highest BCUT2D eigenvalue weighted by atomic mass is 127. The van der Waals surface area contributed by atoms with E-state index in [2.05, 4.69) is 27.9 Å². The summed E-state index contributed by atoms with van der Waals surface area (Å²) in [6, 6.07) is 12.6. The standard InChI is InChI=1S/C14H13IN2O2/c1-19-12-4-2-3-11(13(12)16)14(18)17-10-7-5-9(15)6-8-10/h2-8H,16H2,1H3,(H,17,18). The van der Waals surface area contributed by atoms with Gasteiger partial charge in [-0.15, -0.1) is 0 Å². The molecule has 1 amide bonds. The first-order valence-electron chi connectivity index (χ1n) is 5.61. The maximum atomic E-state index is 12.1. The summed E-state index contributed by atoms with van der Waals surface area (Å²) >= 11 is 2.21. The third kappa shape index (κ3) is 3.17. The minimum atomic E-state index is -0.252. The first kappa shape index (κ1) is 13.7. The Labute approximate surface area is 125 Å². The van der Waals surface area contributed by atoms with Gasteiger partial charge in [0.25, 0.3) is 5.91 Å². The molecule has 0 unspecified atom stereocenters. The van der Waals surface area contributed by atoms with Gasteiger partial charge in [0.2, 0.25) is 0 Å². The lowest BCUT2D eigenvalue weighted by Crippen LogP contribution is -2.14. The maximum Gasteiger partial charge on any atom is 0.257 e. The normalized spacial score (nSPS) is 10.0. The molecule has 2 aromatic rings. The number of amides is 1. The minimum Gasteiger partial charge on any atom is -0.495 e. The van der Waals surface area contributed by atoms with E-state index in [1.54, 1.807) is 18.2 Å². The highest BCUT2D eigenvalue weighted by molar-refractivity contribution is 14.1. The maximum absolute atomic E-state index is 12.1. The molecule has 2 aromatic carbocycles. The van der Waals surface area contributed by atoms with Crippen LogP contribution in [-0.4, -0.2) is 13.0 Å². The van der Waals surface area contributed by atoms with Crippen molar-refractivity contribution >= 4 is 39.9 Å². The SMILES string of the molecule is COc1cccc(C(=O)Nc2ccc(I)cc2)c1N. The van der Waals surface area contributed by atoms with Gasteiger partial charge in [-0.25, -0.2) is 0 Å². The van der Waals surface area contributed by atoms with Crippen LogP contribution in [-0.2, 0) is 0 Å². The summed E-state index contributed by atoms with van der Waals surface area (Å²) in [7, 11) is 1.52. The topological polar surface area (TPSA) is 64.3 Å². The van der Waals surface area contributed by atoms with Crippen LogP contribution in [0.2, 0.25) is 0 Å². The Bertz CT molecular complexity index is 597. The molecular weight excluding hydrogens is 355 g/mol. The predicted octanol–water partition coefficient (Wildman–Crippen LogP) is 3.13. The van der Waals surface area contributed by atoms with Crippen molar-refractivity contribution in [1.29, 1.82) is 0 Å². The molecule has 3 N–H and O–H groups in total. The summed E-state index contributed by atoms with van der Waals surface area (Å²) in [5.41, 5.74) is 7.36. The van der Waals surface area contributed by atoms with Crippen molar-refractivity contribution in [2.75, 3.05) is 18.2 Å². The van der Waals surface area contributed by atoms with E-state index < -0.39 is 0 Å². The highest BCUT2D eigenvalue weighted by Crippen LogP contribution is 2.25. The van der Waals surface area contributed by atoms with Gasteiger partial charge in [0, 0.05) is 9.26 Å². The number of nitrogens with one attached hydrogen (secondary N) is 1. The molecule has 0 fully saturated rings. The van der Waals surface area contributed by atoms with Crippen LogP contribution in [0.3, 0.4) is 0 Å². The number of hydrogen-bond acceptors (Lipinski definition) is 3. The lowest BCUT2D eigenvalue weighted by molar-refractivity contribution is 0.102. The Morgan fingerprint density at radius 3 is 2.53 bits per heavy atom. The van der Waals surface area contributed by atoms with Crippen molar-refractivity contribution in [2.45, 2.75) is 0 Å². The summed E-state index contributed by atoms with van der Waals surface area (Å²) < 4.78 is 6.20. The molecule has 0 saturated heterocycles. The fourth-order valence-electron chi connectivity index (χ4n) is 1.65. The average Bonchev–Trinajstić information content (AvgIpc) is 2.41. The molecular formula is C14H13IN2O2. The van der Waals surface area contributed by atoms with E-state index in [-0.39, 0.29) is 5.91 Å². The predicted molar refractivity (Wildman–Crippen MR) is 84.5 cm³/mol. The number of hydrogen-bond donors (Lipinski definition) is 2. The van der Waals surface area contributed by atoms with Crippen LogP contribution in [0.15, 0.2) is 42.5 Å². The molecule has 0 atom stereocenters. The number of ether oxygens (including phenoxy) is 1. The summed E-state index contributed by atoms with van der Waals surface area (Å²) in [5.74, 6) is 0.243. The monoisotopic (exact) mass is 368 g/mol. The number of anilines is 2. The second kappa shape index (κ2) is 5.92. The van der Waals surface area contributed by atoms with Gasteiger partial charge in [-0.05, 0) is 59.0 Å². The minimum absolute atomic E-state index is 0.252. The van der Waals surface area contributed by atoms with E-state index in [1.165, 1.54) is 7.11 Å². The van der Waals surface area contributed by atoms with Crippen LogP contribution in [0.1, 0.15) is 10.4 Å². The molecule has 98 valence electrons. The van der Waals surface area contributed by atoms with E-state index in [9.17, 15) is 4.79 Å². The summed E-state index contributed by atoms with van der Waals surface area (Å²) in [4.78, 5) is 12.1. The Kier molecular flexibility index (Phi) is 4.26. The molecule has 0 heterocycles. The Morgan fingerprint density at radius 1 is 1.21 bits per heavy atom. The van der Waals surface area contributed by atoms with Crippen molar-refractivity contribution in [3.05, 3.63) is 51.6 Å². The van der Waals surface area contributed by atoms with E-state index in [4.69, 9.17) is 10.5 Å². The molecule has 0 saturated carbocycles. The zero-order valence-corrected chi connectivity index (χ0v) is 12.5. The Morgan fingerprint density at radius 2 is 1.89 bits per heavy atom. The number of carbonyl (C=O) groups excluding carboxylic acids is 1. The van der Waals surface area contributed by atoms with Crippen LogP contribution < -0.4 is 15.8 Å². The number of rotatable bonds is 3. The Balaban J connectivity index is 2.23. The lowest BCUT2D eigenvalue weighted by atomic mass is 10.1. The van der Waals surface area contributed by atoms with Crippen LogP contribution in [0, 0.1) is 3.57 Å². The van der Waals surface area contributed by atoms with Gasteiger partial charge >= 0.3 is 0 Å². The van der Waals surface area contributed by atoms with Gasteiger partial charge < -0.3 is 15.8 Å². The van der Waals surface area contributed by atoms with E-state index >= 15 is 0 Å². The van der Waals surface area contributed by atoms with Crippen LogP contribution in [0.25, 0.3) is 0 Å². The quantitative estimate of drug-likeness (QED) is 0.646. The van der Waals surface area contributed by atoms with Crippen molar-refractivity contribution in [2.24, 2.45) is 0 Å². The first-order valence-corrected chi connectivity index (χ1v) is 6.69. The summed E-state index contributed by atoms with van der Waals surface area (Å²) in [5, 5.41) is 2.80. The molecule has 0 aliphatic rings. The second-order valence-electron chi connectivity index (χ2n) is 3.88. The molecule has 5 heteroatoms. The largest absolute Gasteiger partial charge is 0.495 e. The number of methoxy groups -OCH3 is 1. The molecule has 0 spiro atoms. The van der Waals surface area contributed by atoms with Gasteiger partial charge in [-0.1, -0.05) is 6.07 Å². The van der Waals surface area contributed by atoms with Gasteiger partial charge in [0.15, 0.2) is 0 Å². The van der Waals surface area contributed by atoms with E-state index in [0.717, 1.165) is 9.26 Å². The van der Waals surface area contributed by atoms with Gasteiger partial charge in [0.05, 0.1) is 18.4 Å². The average molecular weight is 368 g/mol. The molecule has 0 radical (unpaired) electrons. The van der Waals surface area contributed by atoms with Gasteiger partial charge in [0.1, 0.15) is 5.75 Å². The fourth-order valence-corrected chi connectivity index (χ4v) is 2.01. The fraction of sp³-hybridized carbons (Fsp3) is 0.0714. The zero-order chi connectivity index (χ0) is 13.8. The first-order chi connectivity index (χ1) is 9.11. The number of carbonyl (C=O) groups is 1. The Hall–Kier alpha value is -1.76. The number of para-hydroxylation sites is 1. The van der Waals surface area contributed by atoms with Crippen LogP contribution in [0.5, 0.6) is 5.75 Å². The molecule has 0 aliphatic carbocycles. The number of nitrogens with two attached hydrogens (primary N) is 1. The van der Waals surface area contributed by atoms with Crippen molar-refractivity contribution < 1.29 is 9.53 Å². The van der Waals surface area contributed by atoms with Crippen molar-refractivity contribution in [1.82, 2.24) is 0 Å². The van der Waals surface area contributed by atoms with Crippen LogP contribution in [0.4, 0.5) is 11.4 Å². The number of nitrogen functional groups attached to an aromatic ring is 1. The molecule has 2 rings (SSSR count). The number of benzene rings is 2. The van der Waals surface area contributed by atoms with Gasteiger partial charge in [-0.2, -0.15) is 0 Å². The smallest absolute Gasteiger partial charge is 0.257 e. The summed E-state index contributed by atoms with van der Waals surface area (Å²) in [6.45, 7) is 0. The zero-order valence-electron chi connectivity index (χ0n) is 10.3. The summed E-state index contributed by atoms with van der Waals surface area (Å²) in [6.07, 6.45) is 0. The molecule has 4 nitrogen and oxygen atoms in total. The van der Waals surface area contributed by atoms with Crippen LogP contribution >= 0.6 is 22.6 Å². The van der Waals surface area contributed by atoms with Crippen molar-refractivity contribution in [3.63, 3.8) is 0 Å². The molecule has 19 heavy (non-hydrogen) atoms. The lowest BCUT2D eigenvalue weighted by Gasteiger charge is -2.10. The molecule has 0 bridgehead atoms. The molecule has 0 aromatic heterocycles. The number of halogens is 1. The third-order valence-electron chi connectivity index (χ3n) is 2.63. The second-order valence-corrected chi connectivity index (χ2v) is 5.13. The third-order valence-corrected chi connectivity index (χ3v) is 3.35. The highest BCUT2D eigenvalue weighted by Gasteiger charge is 2.12. The van der Waals surface area contributed by atoms with Crippen molar-refractivity contribution in [3.8, 4) is 5.75 Å². The molecule has 0 aliphatic heterocycles. The van der Waals surface area contributed by atoms with E-state index in [1.807, 2.05) is 24.3 Å². The van der Waals surface area contributed by atoms with E-state index in [0.29, 0.717) is 17.0 Å². The van der Waals surface area contributed by atoms with Gasteiger partial charge in [-0.3, -0.25) is 4.79 Å².